The number of piperidine rings is 1. The standard InChI is InChI=1S/C22H15N3O2/c1-22(18(11-23)20(26)25-21(27)19(22)12-24)15-8-9-17-14(10-15)7-6-13-4-2-3-5-16(13)17/h2-10,18-19H,1H3,(H,25,26,27). The van der Waals surface area contributed by atoms with E-state index in [1.165, 1.54) is 0 Å². The SMILES string of the molecule is CC1(c2ccc3c(ccc4ccccc43)c2)C(C#N)C(=O)NC(=O)C1C#N. The van der Waals surface area contributed by atoms with Crippen molar-refractivity contribution in [3.63, 3.8) is 0 Å². The molecule has 130 valence electrons. The van der Waals surface area contributed by atoms with Gasteiger partial charge in [0.2, 0.25) is 11.8 Å². The summed E-state index contributed by atoms with van der Waals surface area (Å²) in [7, 11) is 0. The first-order valence-electron chi connectivity index (χ1n) is 8.56. The van der Waals surface area contributed by atoms with E-state index >= 15 is 0 Å². The summed E-state index contributed by atoms with van der Waals surface area (Å²) in [4.78, 5) is 24.5. The molecule has 2 amide bonds. The fourth-order valence-electron chi connectivity index (χ4n) is 4.04. The average molecular weight is 353 g/mol. The van der Waals surface area contributed by atoms with Crippen molar-refractivity contribution in [3.05, 3.63) is 60.2 Å². The maximum atomic E-state index is 12.3. The molecule has 3 aromatic rings. The Bertz CT molecular complexity index is 1170. The second-order valence-electron chi connectivity index (χ2n) is 6.98. The molecule has 27 heavy (non-hydrogen) atoms. The number of nitrogens with one attached hydrogen (secondary N) is 1. The summed E-state index contributed by atoms with van der Waals surface area (Å²) in [6.45, 7) is 1.65. The van der Waals surface area contributed by atoms with Gasteiger partial charge in [0.15, 0.2) is 0 Å². The minimum Gasteiger partial charge on any atom is -0.294 e. The summed E-state index contributed by atoms with van der Waals surface area (Å²) in [5.74, 6) is -3.57. The zero-order chi connectivity index (χ0) is 19.2. The highest BCUT2D eigenvalue weighted by Crippen LogP contribution is 2.43. The monoisotopic (exact) mass is 353 g/mol. The molecular formula is C22H15N3O2. The van der Waals surface area contributed by atoms with Crippen LogP contribution in [0.4, 0.5) is 0 Å². The number of carbonyl (C=O) groups excluding carboxylic acids is 2. The second kappa shape index (κ2) is 5.93. The summed E-state index contributed by atoms with van der Waals surface area (Å²) in [5, 5.41) is 25.5. The molecular weight excluding hydrogens is 338 g/mol. The summed E-state index contributed by atoms with van der Waals surface area (Å²) in [6, 6.07) is 21.6. The Kier molecular flexibility index (Phi) is 3.68. The molecule has 0 aromatic heterocycles. The average Bonchev–Trinajstić information content (AvgIpc) is 2.67. The molecule has 0 spiro atoms. The molecule has 4 rings (SSSR count). The molecule has 1 aliphatic heterocycles. The molecule has 0 bridgehead atoms. The molecule has 5 heteroatoms. The first-order valence-corrected chi connectivity index (χ1v) is 8.56. The molecule has 3 aromatic carbocycles. The van der Waals surface area contributed by atoms with E-state index in [0.29, 0.717) is 5.56 Å². The van der Waals surface area contributed by atoms with E-state index in [4.69, 9.17) is 0 Å². The van der Waals surface area contributed by atoms with Gasteiger partial charge in [0.25, 0.3) is 0 Å². The van der Waals surface area contributed by atoms with Crippen LogP contribution in [0.1, 0.15) is 12.5 Å². The highest BCUT2D eigenvalue weighted by molar-refractivity contribution is 6.08. The molecule has 0 saturated carbocycles. The Morgan fingerprint density at radius 1 is 0.852 bits per heavy atom. The van der Waals surface area contributed by atoms with Gasteiger partial charge in [-0.1, -0.05) is 61.5 Å². The van der Waals surface area contributed by atoms with E-state index < -0.39 is 29.1 Å². The van der Waals surface area contributed by atoms with Crippen LogP contribution in [0.3, 0.4) is 0 Å². The van der Waals surface area contributed by atoms with Crippen molar-refractivity contribution < 1.29 is 9.59 Å². The zero-order valence-electron chi connectivity index (χ0n) is 14.6. The number of nitriles is 2. The van der Waals surface area contributed by atoms with Gasteiger partial charge in [0.1, 0.15) is 11.8 Å². The van der Waals surface area contributed by atoms with E-state index in [0.717, 1.165) is 21.5 Å². The molecule has 0 radical (unpaired) electrons. The van der Waals surface area contributed by atoms with Gasteiger partial charge < -0.3 is 0 Å². The summed E-state index contributed by atoms with van der Waals surface area (Å²) < 4.78 is 0. The first kappa shape index (κ1) is 16.8. The Balaban J connectivity index is 1.97. The van der Waals surface area contributed by atoms with Crippen LogP contribution in [0.5, 0.6) is 0 Å². The number of benzene rings is 3. The third-order valence-electron chi connectivity index (χ3n) is 5.60. The largest absolute Gasteiger partial charge is 0.294 e. The lowest BCUT2D eigenvalue weighted by molar-refractivity contribution is -0.140. The van der Waals surface area contributed by atoms with Crippen molar-refractivity contribution in [3.8, 4) is 12.1 Å². The molecule has 0 aliphatic carbocycles. The molecule has 1 heterocycles. The van der Waals surface area contributed by atoms with Crippen LogP contribution in [0.25, 0.3) is 21.5 Å². The van der Waals surface area contributed by atoms with Gasteiger partial charge >= 0.3 is 0 Å². The highest BCUT2D eigenvalue weighted by atomic mass is 16.2. The molecule has 1 fully saturated rings. The summed E-state index contributed by atoms with van der Waals surface area (Å²) >= 11 is 0. The predicted octanol–water partition coefficient (Wildman–Crippen LogP) is 3.19. The van der Waals surface area contributed by atoms with Crippen LogP contribution in [0.15, 0.2) is 54.6 Å². The number of nitrogens with zero attached hydrogens (tertiary/aromatic N) is 2. The van der Waals surface area contributed by atoms with E-state index in [1.54, 1.807) is 6.92 Å². The molecule has 5 nitrogen and oxygen atoms in total. The number of fused-ring (bicyclic) bond motifs is 3. The number of imide groups is 1. The van der Waals surface area contributed by atoms with E-state index in [-0.39, 0.29) is 0 Å². The number of rotatable bonds is 1. The first-order chi connectivity index (χ1) is 13.0. The molecule has 1 saturated heterocycles. The fourth-order valence-corrected chi connectivity index (χ4v) is 4.04. The zero-order valence-corrected chi connectivity index (χ0v) is 14.6. The minimum atomic E-state index is -1.22. The van der Waals surface area contributed by atoms with Gasteiger partial charge in [-0.2, -0.15) is 10.5 Å². The Morgan fingerprint density at radius 2 is 1.44 bits per heavy atom. The Morgan fingerprint density at radius 3 is 2.11 bits per heavy atom. The quantitative estimate of drug-likeness (QED) is 0.537. The van der Waals surface area contributed by atoms with Crippen molar-refractivity contribution in [2.24, 2.45) is 11.8 Å². The van der Waals surface area contributed by atoms with Crippen LogP contribution in [-0.2, 0) is 15.0 Å². The van der Waals surface area contributed by atoms with Gasteiger partial charge in [-0.25, -0.2) is 0 Å². The van der Waals surface area contributed by atoms with Crippen molar-refractivity contribution in [1.29, 1.82) is 10.5 Å². The summed E-state index contributed by atoms with van der Waals surface area (Å²) in [5.41, 5.74) is -0.588. The molecule has 1 aliphatic rings. The van der Waals surface area contributed by atoms with Crippen LogP contribution < -0.4 is 5.32 Å². The lowest BCUT2D eigenvalue weighted by Crippen LogP contribution is -2.58. The van der Waals surface area contributed by atoms with Crippen LogP contribution >= 0.6 is 0 Å². The number of carbonyl (C=O) groups is 2. The van der Waals surface area contributed by atoms with Crippen molar-refractivity contribution in [2.75, 3.05) is 0 Å². The Hall–Kier alpha value is -3.70. The lowest BCUT2D eigenvalue weighted by Gasteiger charge is -2.40. The van der Waals surface area contributed by atoms with Crippen molar-refractivity contribution in [2.45, 2.75) is 12.3 Å². The van der Waals surface area contributed by atoms with Crippen LogP contribution in [0.2, 0.25) is 0 Å². The van der Waals surface area contributed by atoms with Crippen LogP contribution in [-0.4, -0.2) is 11.8 Å². The van der Waals surface area contributed by atoms with Crippen molar-refractivity contribution >= 4 is 33.4 Å². The van der Waals surface area contributed by atoms with Gasteiger partial charge in [-0.05, 0) is 27.1 Å². The maximum absolute atomic E-state index is 12.3. The molecule has 1 N–H and O–H groups in total. The highest BCUT2D eigenvalue weighted by Gasteiger charge is 2.54. The summed E-state index contributed by atoms with van der Waals surface area (Å²) in [6.07, 6.45) is 0. The van der Waals surface area contributed by atoms with Crippen LogP contribution in [0, 0.1) is 34.5 Å². The molecule has 2 unspecified atom stereocenters. The van der Waals surface area contributed by atoms with Gasteiger partial charge in [0.05, 0.1) is 12.1 Å². The normalized spacial score (nSPS) is 25.0. The van der Waals surface area contributed by atoms with Gasteiger partial charge in [-0.3, -0.25) is 14.9 Å². The predicted molar refractivity (Wildman–Crippen MR) is 100 cm³/mol. The van der Waals surface area contributed by atoms with E-state index in [1.807, 2.05) is 66.7 Å². The Labute approximate surface area is 155 Å². The van der Waals surface area contributed by atoms with E-state index in [9.17, 15) is 20.1 Å². The third-order valence-corrected chi connectivity index (χ3v) is 5.60. The minimum absolute atomic E-state index is 0.631. The van der Waals surface area contributed by atoms with E-state index in [2.05, 4.69) is 5.32 Å². The van der Waals surface area contributed by atoms with Gasteiger partial charge in [0, 0.05) is 5.41 Å². The fraction of sp³-hybridized carbons (Fsp3) is 0.182. The number of hydrogen-bond donors (Lipinski definition) is 1. The third kappa shape index (κ3) is 2.29. The number of hydrogen-bond acceptors (Lipinski definition) is 4. The molecule has 2 atom stereocenters. The maximum Gasteiger partial charge on any atom is 0.244 e. The van der Waals surface area contributed by atoms with Gasteiger partial charge in [-0.15, -0.1) is 0 Å². The second-order valence-corrected chi connectivity index (χ2v) is 6.98. The number of amides is 2. The lowest BCUT2D eigenvalue weighted by atomic mass is 9.62. The topological polar surface area (TPSA) is 93.8 Å². The smallest absolute Gasteiger partial charge is 0.244 e. The van der Waals surface area contributed by atoms with Crippen molar-refractivity contribution in [1.82, 2.24) is 5.32 Å².